The van der Waals surface area contributed by atoms with Crippen LogP contribution < -0.4 is 10.6 Å². The van der Waals surface area contributed by atoms with Gasteiger partial charge in [-0.3, -0.25) is 9.89 Å². The summed E-state index contributed by atoms with van der Waals surface area (Å²) in [5, 5.41) is 6.94. The smallest absolute Gasteiger partial charge is 0.191 e. The molecule has 5 heteroatoms. The lowest BCUT2D eigenvalue weighted by atomic mass is 10.0. The van der Waals surface area contributed by atoms with Gasteiger partial charge in [-0.1, -0.05) is 26.7 Å². The van der Waals surface area contributed by atoms with Gasteiger partial charge in [-0.25, -0.2) is 0 Å². The van der Waals surface area contributed by atoms with Crippen LogP contribution in [0, 0.1) is 11.8 Å². The molecule has 2 N–H and O–H groups in total. The van der Waals surface area contributed by atoms with Gasteiger partial charge in [0.1, 0.15) is 0 Å². The first kappa shape index (κ1) is 20.0. The predicted octanol–water partition coefficient (Wildman–Crippen LogP) is 3.08. The Morgan fingerprint density at radius 3 is 2.32 bits per heavy atom. The van der Waals surface area contributed by atoms with Crippen molar-refractivity contribution in [3.05, 3.63) is 0 Å². The van der Waals surface area contributed by atoms with E-state index in [2.05, 4.69) is 34.4 Å². The SMILES string of the molecule is CCC(CC)CNC(=NC)NCCN(CC1CC1)C1CC1.I. The first-order chi connectivity index (χ1) is 10.3. The van der Waals surface area contributed by atoms with E-state index in [1.165, 1.54) is 45.1 Å². The van der Waals surface area contributed by atoms with Crippen molar-refractivity contribution >= 4 is 29.9 Å². The third-order valence-corrected chi connectivity index (χ3v) is 4.88. The molecule has 0 spiro atoms. The fraction of sp³-hybridized carbons (Fsp3) is 0.941. The number of guanidine groups is 1. The highest BCUT2D eigenvalue weighted by Gasteiger charge is 2.33. The summed E-state index contributed by atoms with van der Waals surface area (Å²) in [6.07, 6.45) is 8.20. The van der Waals surface area contributed by atoms with Crippen LogP contribution in [0.3, 0.4) is 0 Å². The second kappa shape index (κ2) is 10.7. The molecule has 130 valence electrons. The van der Waals surface area contributed by atoms with Crippen LogP contribution in [-0.4, -0.2) is 50.1 Å². The number of aliphatic imine (C=N–C) groups is 1. The van der Waals surface area contributed by atoms with Crippen molar-refractivity contribution in [1.82, 2.24) is 15.5 Å². The van der Waals surface area contributed by atoms with Gasteiger partial charge in [-0.15, -0.1) is 24.0 Å². The maximum Gasteiger partial charge on any atom is 0.191 e. The summed E-state index contributed by atoms with van der Waals surface area (Å²) in [7, 11) is 1.87. The highest BCUT2D eigenvalue weighted by Crippen LogP contribution is 2.34. The lowest BCUT2D eigenvalue weighted by Crippen LogP contribution is -2.43. The van der Waals surface area contributed by atoms with E-state index >= 15 is 0 Å². The van der Waals surface area contributed by atoms with E-state index in [1.54, 1.807) is 0 Å². The van der Waals surface area contributed by atoms with Gasteiger partial charge < -0.3 is 10.6 Å². The Morgan fingerprint density at radius 2 is 1.82 bits per heavy atom. The molecule has 4 nitrogen and oxygen atoms in total. The topological polar surface area (TPSA) is 39.7 Å². The van der Waals surface area contributed by atoms with Crippen molar-refractivity contribution in [3.8, 4) is 0 Å². The third-order valence-electron chi connectivity index (χ3n) is 4.88. The Bertz CT molecular complexity index is 323. The van der Waals surface area contributed by atoms with Crippen molar-refractivity contribution in [2.45, 2.75) is 58.4 Å². The lowest BCUT2D eigenvalue weighted by Gasteiger charge is -2.23. The zero-order chi connectivity index (χ0) is 15.1. The lowest BCUT2D eigenvalue weighted by molar-refractivity contribution is 0.256. The van der Waals surface area contributed by atoms with E-state index in [4.69, 9.17) is 0 Å². The molecule has 0 aliphatic heterocycles. The number of hydrogen-bond donors (Lipinski definition) is 2. The standard InChI is InChI=1S/C17H34N4.HI/c1-4-14(5-2)12-20-17(18-3)19-10-11-21(16-8-9-16)13-15-6-7-15;/h14-16H,4-13H2,1-3H3,(H2,18,19,20);1H. The number of rotatable bonds is 10. The molecule has 0 radical (unpaired) electrons. The molecule has 2 aliphatic carbocycles. The zero-order valence-electron chi connectivity index (χ0n) is 14.6. The highest BCUT2D eigenvalue weighted by molar-refractivity contribution is 14.0. The van der Waals surface area contributed by atoms with Gasteiger partial charge in [0, 0.05) is 39.3 Å². The maximum absolute atomic E-state index is 4.34. The first-order valence-electron chi connectivity index (χ1n) is 8.95. The summed E-state index contributed by atoms with van der Waals surface area (Å²) in [4.78, 5) is 7.03. The monoisotopic (exact) mass is 422 g/mol. The van der Waals surface area contributed by atoms with Crippen molar-refractivity contribution in [1.29, 1.82) is 0 Å². The van der Waals surface area contributed by atoms with Crippen LogP contribution >= 0.6 is 24.0 Å². The average Bonchev–Trinajstić information content (AvgIpc) is 3.38. The molecule has 0 aromatic heterocycles. The molecule has 0 heterocycles. The second-order valence-electron chi connectivity index (χ2n) is 6.73. The van der Waals surface area contributed by atoms with Gasteiger partial charge in [0.05, 0.1) is 0 Å². The quantitative estimate of drug-likeness (QED) is 0.323. The molecule has 0 bridgehead atoms. The number of halogens is 1. The van der Waals surface area contributed by atoms with Crippen LogP contribution in [0.1, 0.15) is 52.4 Å². The Kier molecular flexibility index (Phi) is 9.71. The van der Waals surface area contributed by atoms with Crippen LogP contribution in [0.2, 0.25) is 0 Å². The van der Waals surface area contributed by atoms with Gasteiger partial charge >= 0.3 is 0 Å². The molecule has 2 rings (SSSR count). The van der Waals surface area contributed by atoms with E-state index in [0.29, 0.717) is 0 Å². The summed E-state index contributed by atoms with van der Waals surface area (Å²) in [5.41, 5.74) is 0. The largest absolute Gasteiger partial charge is 0.356 e. The van der Waals surface area contributed by atoms with Gasteiger partial charge in [0.2, 0.25) is 0 Å². The molecule has 2 saturated carbocycles. The number of hydrogen-bond acceptors (Lipinski definition) is 2. The minimum absolute atomic E-state index is 0. The van der Waals surface area contributed by atoms with Crippen molar-refractivity contribution in [2.24, 2.45) is 16.8 Å². The Hall–Kier alpha value is -0.0400. The number of nitrogens with one attached hydrogen (secondary N) is 2. The first-order valence-corrected chi connectivity index (χ1v) is 8.95. The van der Waals surface area contributed by atoms with Crippen LogP contribution in [0.4, 0.5) is 0 Å². The molecule has 0 amide bonds. The molecule has 0 aromatic rings. The highest BCUT2D eigenvalue weighted by atomic mass is 127. The summed E-state index contributed by atoms with van der Waals surface area (Å²) in [6, 6.07) is 0.881. The third kappa shape index (κ3) is 7.49. The molecule has 0 aromatic carbocycles. The van der Waals surface area contributed by atoms with Crippen LogP contribution in [-0.2, 0) is 0 Å². The van der Waals surface area contributed by atoms with Crippen LogP contribution in [0.15, 0.2) is 4.99 Å². The normalized spacial score (nSPS) is 18.5. The Balaban J connectivity index is 0.00000242. The molecular formula is C17H35IN4. The maximum atomic E-state index is 4.34. The minimum atomic E-state index is 0. The van der Waals surface area contributed by atoms with E-state index in [-0.39, 0.29) is 24.0 Å². The Morgan fingerprint density at radius 1 is 1.14 bits per heavy atom. The molecule has 2 aliphatic rings. The van der Waals surface area contributed by atoms with E-state index in [9.17, 15) is 0 Å². The molecule has 0 atom stereocenters. The average molecular weight is 422 g/mol. The van der Waals surface area contributed by atoms with Gasteiger partial charge in [0.25, 0.3) is 0 Å². The van der Waals surface area contributed by atoms with E-state index in [0.717, 1.165) is 43.5 Å². The molecule has 0 saturated heterocycles. The van der Waals surface area contributed by atoms with Crippen LogP contribution in [0.25, 0.3) is 0 Å². The van der Waals surface area contributed by atoms with E-state index in [1.807, 2.05) is 7.05 Å². The molecule has 2 fully saturated rings. The van der Waals surface area contributed by atoms with Crippen molar-refractivity contribution < 1.29 is 0 Å². The Labute approximate surface area is 153 Å². The van der Waals surface area contributed by atoms with Crippen molar-refractivity contribution in [2.75, 3.05) is 33.2 Å². The van der Waals surface area contributed by atoms with Gasteiger partial charge in [-0.05, 0) is 37.5 Å². The molecule has 22 heavy (non-hydrogen) atoms. The number of nitrogens with zero attached hydrogens (tertiary/aromatic N) is 2. The summed E-state index contributed by atoms with van der Waals surface area (Å²) in [5.74, 6) is 2.71. The summed E-state index contributed by atoms with van der Waals surface area (Å²) >= 11 is 0. The van der Waals surface area contributed by atoms with Crippen molar-refractivity contribution in [3.63, 3.8) is 0 Å². The predicted molar refractivity (Wildman–Crippen MR) is 106 cm³/mol. The fourth-order valence-corrected chi connectivity index (χ4v) is 2.85. The van der Waals surface area contributed by atoms with Gasteiger partial charge in [-0.2, -0.15) is 0 Å². The summed E-state index contributed by atoms with van der Waals surface area (Å²) < 4.78 is 0. The van der Waals surface area contributed by atoms with E-state index < -0.39 is 0 Å². The zero-order valence-corrected chi connectivity index (χ0v) is 16.9. The second-order valence-corrected chi connectivity index (χ2v) is 6.73. The molecular weight excluding hydrogens is 387 g/mol. The summed E-state index contributed by atoms with van der Waals surface area (Å²) in [6.45, 7) is 9.04. The van der Waals surface area contributed by atoms with Crippen LogP contribution in [0.5, 0.6) is 0 Å². The fourth-order valence-electron chi connectivity index (χ4n) is 2.85. The molecule has 0 unspecified atom stereocenters. The van der Waals surface area contributed by atoms with Gasteiger partial charge in [0.15, 0.2) is 5.96 Å². The minimum Gasteiger partial charge on any atom is -0.356 e.